The van der Waals surface area contributed by atoms with E-state index in [0.29, 0.717) is 37.3 Å². The molecule has 264 valence electrons. The molecule has 0 spiro atoms. The predicted molar refractivity (Wildman–Crippen MR) is 190 cm³/mol. The average Bonchev–Trinajstić information content (AvgIpc) is 3.15. The van der Waals surface area contributed by atoms with Gasteiger partial charge in [-0.3, -0.25) is 29.7 Å². The fraction of sp³-hybridized carbons (Fsp3) is 0.275. The second-order valence-electron chi connectivity index (χ2n) is 12.4. The molecular formula is C40H40F3N5O3. The zero-order valence-corrected chi connectivity index (χ0v) is 28.4. The highest BCUT2D eigenvalue weighted by atomic mass is 19.4. The summed E-state index contributed by atoms with van der Waals surface area (Å²) in [6.07, 6.45) is 0.0897. The van der Waals surface area contributed by atoms with E-state index in [2.05, 4.69) is 22.0 Å². The Labute approximate surface area is 295 Å². The van der Waals surface area contributed by atoms with E-state index < -0.39 is 23.7 Å². The second-order valence-corrected chi connectivity index (χ2v) is 12.4. The summed E-state index contributed by atoms with van der Waals surface area (Å²) < 4.78 is 39.4. The molecule has 1 aliphatic heterocycles. The van der Waals surface area contributed by atoms with Crippen molar-refractivity contribution in [2.24, 2.45) is 0 Å². The molecule has 1 aromatic heterocycles. The molecule has 51 heavy (non-hydrogen) atoms. The molecule has 1 saturated heterocycles. The topological polar surface area (TPSA) is 97.7 Å². The van der Waals surface area contributed by atoms with Crippen molar-refractivity contribution in [3.63, 3.8) is 0 Å². The van der Waals surface area contributed by atoms with Crippen LogP contribution < -0.4 is 0 Å². The number of rotatable bonds is 13. The standard InChI is InChI=1S/C40H40F3N5O3/c1-2-36(49)38(44)34-19-15-32(26-45-34)28-48(37(50)20-16-29-13-17-33(18-14-29)40(41,42)43)35(25-30-9-5-3-6-10-30)39(51)47-23-21-46(22-24-47)27-31-11-7-4-8-12-31/h3-20,26,35,44H,2,21-25,27-28H2,1H3/t35-/m0/s1. The maximum absolute atomic E-state index is 14.5. The molecule has 8 nitrogen and oxygen atoms in total. The van der Waals surface area contributed by atoms with Crippen molar-refractivity contribution in [3.05, 3.63) is 143 Å². The first-order chi connectivity index (χ1) is 24.5. The van der Waals surface area contributed by atoms with Crippen LogP contribution in [0.5, 0.6) is 0 Å². The van der Waals surface area contributed by atoms with E-state index in [1.807, 2.05) is 48.5 Å². The van der Waals surface area contributed by atoms with Gasteiger partial charge in [0.15, 0.2) is 5.78 Å². The zero-order chi connectivity index (χ0) is 36.4. The van der Waals surface area contributed by atoms with Gasteiger partial charge in [0.1, 0.15) is 11.8 Å². The lowest BCUT2D eigenvalue weighted by atomic mass is 10.0. The first-order valence-electron chi connectivity index (χ1n) is 16.8. The summed E-state index contributed by atoms with van der Waals surface area (Å²) in [5.41, 5.74) is 2.20. The van der Waals surface area contributed by atoms with Gasteiger partial charge in [-0.25, -0.2) is 0 Å². The summed E-state index contributed by atoms with van der Waals surface area (Å²) in [6, 6.07) is 26.3. The monoisotopic (exact) mass is 695 g/mol. The van der Waals surface area contributed by atoms with Gasteiger partial charge in [-0.1, -0.05) is 85.8 Å². The van der Waals surface area contributed by atoms with Crippen LogP contribution in [0, 0.1) is 5.41 Å². The molecule has 4 aromatic rings. The lowest BCUT2D eigenvalue weighted by Crippen LogP contribution is -2.56. The van der Waals surface area contributed by atoms with E-state index in [4.69, 9.17) is 5.41 Å². The van der Waals surface area contributed by atoms with Crippen molar-refractivity contribution in [1.29, 1.82) is 5.41 Å². The highest BCUT2D eigenvalue weighted by molar-refractivity contribution is 6.44. The largest absolute Gasteiger partial charge is 0.416 e. The number of Topliss-reactive ketones (excluding diaryl/α,β-unsaturated/α-hetero) is 1. The number of hydrogen-bond donors (Lipinski definition) is 1. The number of nitrogens with one attached hydrogen (secondary N) is 1. The molecule has 1 atom stereocenters. The number of halogens is 3. The summed E-state index contributed by atoms with van der Waals surface area (Å²) in [4.78, 5) is 50.5. The van der Waals surface area contributed by atoms with Gasteiger partial charge in [0.25, 0.3) is 0 Å². The number of hydrogen-bond acceptors (Lipinski definition) is 6. The minimum Gasteiger partial charge on any atom is -0.338 e. The van der Waals surface area contributed by atoms with Gasteiger partial charge in [-0.2, -0.15) is 13.2 Å². The fourth-order valence-electron chi connectivity index (χ4n) is 5.92. The third-order valence-corrected chi connectivity index (χ3v) is 8.84. The van der Waals surface area contributed by atoms with E-state index >= 15 is 0 Å². The predicted octanol–water partition coefficient (Wildman–Crippen LogP) is 6.45. The number of nitrogens with zero attached hydrogens (tertiary/aromatic N) is 4. The first kappa shape index (κ1) is 36.9. The van der Waals surface area contributed by atoms with Gasteiger partial charge >= 0.3 is 6.18 Å². The van der Waals surface area contributed by atoms with E-state index in [1.54, 1.807) is 24.0 Å². The van der Waals surface area contributed by atoms with E-state index in [0.717, 1.165) is 24.2 Å². The van der Waals surface area contributed by atoms with Gasteiger partial charge in [-0.15, -0.1) is 0 Å². The van der Waals surface area contributed by atoms with Crippen LogP contribution in [0.15, 0.2) is 109 Å². The second kappa shape index (κ2) is 17.0. The van der Waals surface area contributed by atoms with E-state index in [9.17, 15) is 27.6 Å². The molecule has 5 rings (SSSR count). The van der Waals surface area contributed by atoms with Crippen LogP contribution in [-0.2, 0) is 40.1 Å². The molecule has 11 heteroatoms. The van der Waals surface area contributed by atoms with E-state index in [-0.39, 0.29) is 42.5 Å². The Morgan fingerprint density at radius 1 is 0.843 bits per heavy atom. The van der Waals surface area contributed by atoms with Crippen molar-refractivity contribution in [2.75, 3.05) is 26.2 Å². The maximum atomic E-state index is 14.5. The normalized spacial score (nSPS) is 14.3. The van der Waals surface area contributed by atoms with Crippen LogP contribution >= 0.6 is 0 Å². The van der Waals surface area contributed by atoms with Gasteiger partial charge in [0.05, 0.1) is 11.3 Å². The summed E-state index contributed by atoms with van der Waals surface area (Å²) in [5.74, 6) is -1.07. The van der Waals surface area contributed by atoms with Gasteiger partial charge in [0, 0.05) is 64.4 Å². The minimum absolute atomic E-state index is 0.0181. The zero-order valence-electron chi connectivity index (χ0n) is 28.4. The third kappa shape index (κ3) is 10.1. The number of pyridine rings is 1. The van der Waals surface area contributed by atoms with Crippen LogP contribution in [0.2, 0.25) is 0 Å². The number of ketones is 1. The number of carbonyl (C=O) groups excluding carboxylic acids is 3. The van der Waals surface area contributed by atoms with Crippen LogP contribution in [0.3, 0.4) is 0 Å². The van der Waals surface area contributed by atoms with Crippen molar-refractivity contribution in [1.82, 2.24) is 19.7 Å². The highest BCUT2D eigenvalue weighted by Gasteiger charge is 2.34. The molecule has 1 fully saturated rings. The first-order valence-corrected chi connectivity index (χ1v) is 16.8. The Kier molecular flexibility index (Phi) is 12.3. The summed E-state index contributed by atoms with van der Waals surface area (Å²) in [6.45, 7) is 4.69. The molecule has 1 aliphatic rings. The quantitative estimate of drug-likeness (QED) is 0.128. The summed E-state index contributed by atoms with van der Waals surface area (Å²) >= 11 is 0. The smallest absolute Gasteiger partial charge is 0.338 e. The van der Waals surface area contributed by atoms with Crippen LogP contribution in [0.25, 0.3) is 6.08 Å². The molecule has 1 N–H and O–H groups in total. The third-order valence-electron chi connectivity index (χ3n) is 8.84. The van der Waals surface area contributed by atoms with Gasteiger partial charge in [-0.05, 0) is 46.5 Å². The SMILES string of the molecule is CCC(=O)C(=N)c1ccc(CN(C(=O)C=Cc2ccc(C(F)(F)F)cc2)[C@@H](Cc2ccccc2)C(=O)N2CCN(Cc3ccccc3)CC2)cn1. The molecule has 0 unspecified atom stereocenters. The fourth-order valence-corrected chi connectivity index (χ4v) is 5.92. The van der Waals surface area contributed by atoms with Crippen LogP contribution in [0.1, 0.15) is 46.9 Å². The Balaban J connectivity index is 1.43. The van der Waals surface area contributed by atoms with Crippen molar-refractivity contribution >= 4 is 29.4 Å². The number of alkyl halides is 3. The Morgan fingerprint density at radius 3 is 2.04 bits per heavy atom. The average molecular weight is 696 g/mol. The lowest BCUT2D eigenvalue weighted by Gasteiger charge is -2.39. The molecule has 2 amide bonds. The molecular weight excluding hydrogens is 655 g/mol. The van der Waals surface area contributed by atoms with E-state index in [1.165, 1.54) is 40.9 Å². The Hall–Kier alpha value is -5.42. The van der Waals surface area contributed by atoms with Crippen LogP contribution in [0.4, 0.5) is 13.2 Å². The molecule has 3 aromatic carbocycles. The molecule has 0 saturated carbocycles. The number of carbonyl (C=O) groups is 3. The molecule has 0 aliphatic carbocycles. The number of benzene rings is 3. The summed E-state index contributed by atoms with van der Waals surface area (Å²) in [7, 11) is 0. The van der Waals surface area contributed by atoms with Gasteiger partial charge in [0.2, 0.25) is 11.8 Å². The maximum Gasteiger partial charge on any atom is 0.416 e. The Morgan fingerprint density at radius 2 is 1.47 bits per heavy atom. The molecule has 0 bridgehead atoms. The van der Waals surface area contributed by atoms with Gasteiger partial charge < -0.3 is 9.80 Å². The number of amides is 2. The Bertz CT molecular complexity index is 1820. The van der Waals surface area contributed by atoms with Crippen molar-refractivity contribution in [3.8, 4) is 0 Å². The molecule has 0 radical (unpaired) electrons. The van der Waals surface area contributed by atoms with Crippen LogP contribution in [-0.4, -0.2) is 75.2 Å². The minimum atomic E-state index is -4.49. The van der Waals surface area contributed by atoms with Crippen molar-refractivity contribution < 1.29 is 27.6 Å². The number of piperazine rings is 1. The molecule has 2 heterocycles. The van der Waals surface area contributed by atoms with Crippen molar-refractivity contribution in [2.45, 2.75) is 45.1 Å². The number of aromatic nitrogens is 1. The lowest BCUT2D eigenvalue weighted by molar-refractivity contribution is -0.145. The highest BCUT2D eigenvalue weighted by Crippen LogP contribution is 2.29. The summed E-state index contributed by atoms with van der Waals surface area (Å²) in [5, 5.41) is 8.14.